The predicted octanol–water partition coefficient (Wildman–Crippen LogP) is 3.29. The summed E-state index contributed by atoms with van der Waals surface area (Å²) >= 11 is 5.99. The largest absolute Gasteiger partial charge is 0.489 e. The molecule has 0 spiro atoms. The first kappa shape index (κ1) is 20.3. The molecule has 1 aliphatic heterocycles. The molecule has 28 heavy (non-hydrogen) atoms. The standard InChI is InChI=1S/C19H21ClN2O5S/c1-12(2)26-16-7-5-4-6-14(16)21-19(23)18-11-22(28(3,24)25)15-10-13(20)8-9-17(15)27-18/h4-10,12,18H,11H2,1-3H3,(H,21,23). The molecule has 9 heteroatoms. The summed E-state index contributed by atoms with van der Waals surface area (Å²) in [5.41, 5.74) is 0.792. The van der Waals surface area contributed by atoms with E-state index in [1.807, 2.05) is 13.8 Å². The van der Waals surface area contributed by atoms with Gasteiger partial charge in [0.1, 0.15) is 11.5 Å². The Balaban J connectivity index is 1.87. The van der Waals surface area contributed by atoms with Crippen LogP contribution in [0.2, 0.25) is 5.02 Å². The molecule has 0 radical (unpaired) electrons. The molecule has 150 valence electrons. The molecule has 0 fully saturated rings. The third kappa shape index (κ3) is 4.51. The van der Waals surface area contributed by atoms with Gasteiger partial charge in [-0.15, -0.1) is 0 Å². The maximum atomic E-state index is 12.8. The molecule has 1 N–H and O–H groups in total. The molecule has 1 unspecified atom stereocenters. The van der Waals surface area contributed by atoms with Gasteiger partial charge in [-0.25, -0.2) is 8.42 Å². The Morgan fingerprint density at radius 3 is 2.68 bits per heavy atom. The molecule has 1 heterocycles. The molecule has 0 aromatic heterocycles. The van der Waals surface area contributed by atoms with Gasteiger partial charge in [-0.2, -0.15) is 0 Å². The number of nitrogens with zero attached hydrogens (tertiary/aromatic N) is 1. The molecule has 1 aliphatic rings. The summed E-state index contributed by atoms with van der Waals surface area (Å²) in [5.74, 6) is 0.316. The van der Waals surface area contributed by atoms with Crippen LogP contribution >= 0.6 is 11.6 Å². The number of fused-ring (bicyclic) bond motifs is 1. The molecule has 1 atom stereocenters. The van der Waals surface area contributed by atoms with E-state index in [4.69, 9.17) is 21.1 Å². The Morgan fingerprint density at radius 1 is 1.29 bits per heavy atom. The second-order valence-corrected chi connectivity index (χ2v) is 9.01. The fourth-order valence-electron chi connectivity index (χ4n) is 2.81. The molecule has 2 aromatic rings. The van der Waals surface area contributed by atoms with Gasteiger partial charge in [-0.3, -0.25) is 9.10 Å². The number of benzene rings is 2. The average Bonchev–Trinajstić information content (AvgIpc) is 2.61. The van der Waals surface area contributed by atoms with E-state index in [1.165, 1.54) is 6.07 Å². The van der Waals surface area contributed by atoms with E-state index in [9.17, 15) is 13.2 Å². The molecule has 7 nitrogen and oxygen atoms in total. The number of ether oxygens (including phenoxy) is 2. The molecule has 0 saturated heterocycles. The number of hydrogen-bond donors (Lipinski definition) is 1. The maximum absolute atomic E-state index is 12.8. The summed E-state index contributed by atoms with van der Waals surface area (Å²) in [4.78, 5) is 12.8. The van der Waals surface area contributed by atoms with Gasteiger partial charge in [-0.05, 0) is 44.2 Å². The number of anilines is 2. The van der Waals surface area contributed by atoms with E-state index >= 15 is 0 Å². The van der Waals surface area contributed by atoms with Crippen molar-refractivity contribution >= 4 is 38.9 Å². The van der Waals surface area contributed by atoms with Crippen molar-refractivity contribution in [2.45, 2.75) is 26.1 Å². The molecule has 1 amide bonds. The highest BCUT2D eigenvalue weighted by Crippen LogP contribution is 2.37. The van der Waals surface area contributed by atoms with E-state index < -0.39 is 22.0 Å². The van der Waals surface area contributed by atoms with Crippen LogP contribution in [0.15, 0.2) is 42.5 Å². The molecule has 0 aliphatic carbocycles. The van der Waals surface area contributed by atoms with Gasteiger partial charge in [0, 0.05) is 5.02 Å². The zero-order valence-corrected chi connectivity index (χ0v) is 17.3. The Kier molecular flexibility index (Phi) is 5.71. The highest BCUT2D eigenvalue weighted by molar-refractivity contribution is 7.92. The van der Waals surface area contributed by atoms with Gasteiger partial charge in [-0.1, -0.05) is 23.7 Å². The lowest BCUT2D eigenvalue weighted by Crippen LogP contribution is -2.48. The smallest absolute Gasteiger partial charge is 0.267 e. The van der Waals surface area contributed by atoms with E-state index in [-0.39, 0.29) is 18.4 Å². The van der Waals surface area contributed by atoms with Crippen LogP contribution in [0.4, 0.5) is 11.4 Å². The van der Waals surface area contributed by atoms with Crippen molar-refractivity contribution in [3.63, 3.8) is 0 Å². The Morgan fingerprint density at radius 2 is 2.00 bits per heavy atom. The quantitative estimate of drug-likeness (QED) is 0.796. The number of rotatable bonds is 5. The lowest BCUT2D eigenvalue weighted by molar-refractivity contribution is -0.122. The van der Waals surface area contributed by atoms with Crippen molar-refractivity contribution in [1.29, 1.82) is 0 Å². The van der Waals surface area contributed by atoms with Gasteiger partial charge >= 0.3 is 0 Å². The average molecular weight is 425 g/mol. The van der Waals surface area contributed by atoms with Crippen molar-refractivity contribution < 1.29 is 22.7 Å². The maximum Gasteiger partial charge on any atom is 0.267 e. The second kappa shape index (κ2) is 7.89. The predicted molar refractivity (Wildman–Crippen MR) is 109 cm³/mol. The zero-order valence-electron chi connectivity index (χ0n) is 15.7. The monoisotopic (exact) mass is 424 g/mol. The molecule has 0 bridgehead atoms. The molecule has 0 saturated carbocycles. The van der Waals surface area contributed by atoms with Crippen LogP contribution < -0.4 is 19.1 Å². The third-order valence-electron chi connectivity index (χ3n) is 3.99. The number of nitrogens with one attached hydrogen (secondary N) is 1. The second-order valence-electron chi connectivity index (χ2n) is 6.66. The molecular formula is C19H21ClN2O5S. The van der Waals surface area contributed by atoms with E-state index in [0.29, 0.717) is 22.1 Å². The van der Waals surface area contributed by atoms with Crippen LogP contribution in [0.3, 0.4) is 0 Å². The number of hydrogen-bond acceptors (Lipinski definition) is 5. The van der Waals surface area contributed by atoms with Crippen LogP contribution in [0.1, 0.15) is 13.8 Å². The number of carbonyl (C=O) groups is 1. The summed E-state index contributed by atoms with van der Waals surface area (Å²) in [6.07, 6.45) is -0.0270. The fourth-order valence-corrected chi connectivity index (χ4v) is 3.89. The molecule has 2 aromatic carbocycles. The highest BCUT2D eigenvalue weighted by Gasteiger charge is 2.35. The van der Waals surface area contributed by atoms with Gasteiger partial charge < -0.3 is 14.8 Å². The number of carbonyl (C=O) groups excluding carboxylic acids is 1. The van der Waals surface area contributed by atoms with Gasteiger partial charge in [0.15, 0.2) is 6.10 Å². The number of halogens is 1. The lowest BCUT2D eigenvalue weighted by Gasteiger charge is -2.34. The number of sulfonamides is 1. The van der Waals surface area contributed by atoms with Crippen molar-refractivity contribution in [2.75, 3.05) is 22.4 Å². The summed E-state index contributed by atoms with van der Waals surface area (Å²) in [5, 5.41) is 3.14. The van der Waals surface area contributed by atoms with Crippen LogP contribution in [-0.2, 0) is 14.8 Å². The first-order valence-electron chi connectivity index (χ1n) is 8.65. The SMILES string of the molecule is CC(C)Oc1ccccc1NC(=O)C1CN(S(C)(=O)=O)c2cc(Cl)ccc2O1. The Labute approximate surface area is 169 Å². The van der Waals surface area contributed by atoms with Gasteiger partial charge in [0.2, 0.25) is 10.0 Å². The fraction of sp³-hybridized carbons (Fsp3) is 0.316. The summed E-state index contributed by atoms with van der Waals surface area (Å²) in [6, 6.07) is 11.6. The molecular weight excluding hydrogens is 404 g/mol. The Bertz CT molecular complexity index is 994. The van der Waals surface area contributed by atoms with Crippen molar-refractivity contribution in [3.8, 4) is 11.5 Å². The van der Waals surface area contributed by atoms with Gasteiger partial charge in [0.25, 0.3) is 5.91 Å². The molecule has 3 rings (SSSR count). The van der Waals surface area contributed by atoms with Crippen molar-refractivity contribution in [3.05, 3.63) is 47.5 Å². The summed E-state index contributed by atoms with van der Waals surface area (Å²) in [6.45, 7) is 3.61. The minimum Gasteiger partial charge on any atom is -0.489 e. The minimum atomic E-state index is -3.63. The van der Waals surface area contributed by atoms with Crippen LogP contribution in [0, 0.1) is 0 Å². The summed E-state index contributed by atoms with van der Waals surface area (Å²) < 4.78 is 37.1. The number of amides is 1. The normalized spacial score (nSPS) is 16.3. The Hall–Kier alpha value is -2.45. The third-order valence-corrected chi connectivity index (χ3v) is 5.37. The van der Waals surface area contributed by atoms with Crippen molar-refractivity contribution in [2.24, 2.45) is 0 Å². The van der Waals surface area contributed by atoms with Crippen LogP contribution in [0.25, 0.3) is 0 Å². The zero-order chi connectivity index (χ0) is 20.5. The first-order chi connectivity index (χ1) is 13.1. The van der Waals surface area contributed by atoms with Crippen LogP contribution in [0.5, 0.6) is 11.5 Å². The minimum absolute atomic E-state index is 0.0682. The summed E-state index contributed by atoms with van der Waals surface area (Å²) in [7, 11) is -3.63. The van der Waals surface area contributed by atoms with E-state index in [2.05, 4.69) is 5.32 Å². The van der Waals surface area contributed by atoms with Crippen LogP contribution in [-0.4, -0.2) is 39.3 Å². The topological polar surface area (TPSA) is 84.9 Å². The van der Waals surface area contributed by atoms with E-state index in [0.717, 1.165) is 10.6 Å². The van der Waals surface area contributed by atoms with E-state index in [1.54, 1.807) is 36.4 Å². The number of para-hydroxylation sites is 2. The highest BCUT2D eigenvalue weighted by atomic mass is 35.5. The van der Waals surface area contributed by atoms with Gasteiger partial charge in [0.05, 0.1) is 30.3 Å². The first-order valence-corrected chi connectivity index (χ1v) is 10.9. The van der Waals surface area contributed by atoms with Crippen molar-refractivity contribution in [1.82, 2.24) is 0 Å². The lowest BCUT2D eigenvalue weighted by atomic mass is 10.2.